The van der Waals surface area contributed by atoms with Gasteiger partial charge in [-0.3, -0.25) is 9.59 Å². The van der Waals surface area contributed by atoms with Crippen molar-refractivity contribution in [3.8, 4) is 5.75 Å². The molecule has 0 radical (unpaired) electrons. The summed E-state index contributed by atoms with van der Waals surface area (Å²) < 4.78 is 5.23. The van der Waals surface area contributed by atoms with Gasteiger partial charge in [-0.25, -0.2) is 0 Å². The van der Waals surface area contributed by atoms with E-state index < -0.39 is 0 Å². The molecule has 0 aliphatic carbocycles. The van der Waals surface area contributed by atoms with E-state index in [1.807, 2.05) is 0 Å². The van der Waals surface area contributed by atoms with Gasteiger partial charge >= 0.3 is 0 Å². The Morgan fingerprint density at radius 2 is 1.73 bits per heavy atom. The van der Waals surface area contributed by atoms with Crippen LogP contribution in [0.1, 0.15) is 23.7 Å². The Balaban J connectivity index is 2.23. The molecule has 0 unspecified atom stereocenters. The molecule has 22 heavy (non-hydrogen) atoms. The fraction of sp³-hybridized carbons (Fsp3) is 0.467. The van der Waals surface area contributed by atoms with E-state index in [4.69, 9.17) is 27.9 Å². The normalized spacial score (nSPS) is 15.5. The van der Waals surface area contributed by atoms with Gasteiger partial charge in [-0.15, -0.1) is 0 Å². The van der Waals surface area contributed by atoms with Gasteiger partial charge in [0.2, 0.25) is 5.91 Å². The predicted octanol–water partition coefficient (Wildman–Crippen LogP) is 2.70. The van der Waals surface area contributed by atoms with E-state index >= 15 is 0 Å². The minimum atomic E-state index is -0.188. The average molecular weight is 345 g/mol. The number of carbonyl (C=O) groups excluding carboxylic acids is 2. The quantitative estimate of drug-likeness (QED) is 0.828. The molecule has 120 valence electrons. The lowest BCUT2D eigenvalue weighted by atomic mass is 10.1. The fourth-order valence-corrected chi connectivity index (χ4v) is 3.10. The molecular weight excluding hydrogens is 327 g/mol. The SMILES string of the molecule is COc1c(Cl)cc(Cl)cc1C(=O)N1CCCN(C(C)=O)CC1. The first-order chi connectivity index (χ1) is 10.4. The maximum atomic E-state index is 12.7. The van der Waals surface area contributed by atoms with Crippen LogP contribution in [0.15, 0.2) is 12.1 Å². The second-order valence-electron chi connectivity index (χ2n) is 5.12. The summed E-state index contributed by atoms with van der Waals surface area (Å²) in [4.78, 5) is 27.6. The van der Waals surface area contributed by atoms with Crippen molar-refractivity contribution in [2.45, 2.75) is 13.3 Å². The molecule has 0 aromatic heterocycles. The van der Waals surface area contributed by atoms with Crippen LogP contribution in [0.5, 0.6) is 5.75 Å². The van der Waals surface area contributed by atoms with E-state index in [1.54, 1.807) is 21.9 Å². The zero-order valence-electron chi connectivity index (χ0n) is 12.6. The van der Waals surface area contributed by atoms with Crippen LogP contribution in [0.25, 0.3) is 0 Å². The zero-order chi connectivity index (χ0) is 16.3. The van der Waals surface area contributed by atoms with Crippen LogP contribution in [0.3, 0.4) is 0 Å². The third-order valence-corrected chi connectivity index (χ3v) is 4.17. The summed E-state index contributed by atoms with van der Waals surface area (Å²) in [5.74, 6) is 0.160. The van der Waals surface area contributed by atoms with Gasteiger partial charge in [-0.2, -0.15) is 0 Å². The van der Waals surface area contributed by atoms with E-state index in [-0.39, 0.29) is 11.8 Å². The van der Waals surface area contributed by atoms with Crippen molar-refractivity contribution in [3.05, 3.63) is 27.7 Å². The molecular formula is C15H18Cl2N2O3. The second-order valence-corrected chi connectivity index (χ2v) is 5.96. The summed E-state index contributed by atoms with van der Waals surface area (Å²) in [6.07, 6.45) is 0.738. The minimum Gasteiger partial charge on any atom is -0.494 e. The highest BCUT2D eigenvalue weighted by atomic mass is 35.5. The fourth-order valence-electron chi connectivity index (χ4n) is 2.53. The molecule has 0 N–H and O–H groups in total. The molecule has 1 heterocycles. The maximum Gasteiger partial charge on any atom is 0.257 e. The Morgan fingerprint density at radius 3 is 2.36 bits per heavy atom. The van der Waals surface area contributed by atoms with Gasteiger partial charge in [0, 0.05) is 38.1 Å². The largest absolute Gasteiger partial charge is 0.494 e. The number of hydrogen-bond acceptors (Lipinski definition) is 3. The Labute approximate surface area is 139 Å². The van der Waals surface area contributed by atoms with Gasteiger partial charge in [0.25, 0.3) is 5.91 Å². The highest BCUT2D eigenvalue weighted by Crippen LogP contribution is 2.33. The molecule has 1 aromatic rings. The summed E-state index contributed by atoms with van der Waals surface area (Å²) in [6, 6.07) is 3.10. The molecule has 1 aliphatic heterocycles. The molecule has 1 saturated heterocycles. The molecule has 0 saturated carbocycles. The van der Waals surface area contributed by atoms with Crippen molar-refractivity contribution in [1.82, 2.24) is 9.80 Å². The highest BCUT2D eigenvalue weighted by Gasteiger charge is 2.25. The van der Waals surface area contributed by atoms with Crippen molar-refractivity contribution in [2.24, 2.45) is 0 Å². The van der Waals surface area contributed by atoms with Gasteiger partial charge in [0.15, 0.2) is 0 Å². The van der Waals surface area contributed by atoms with Crippen molar-refractivity contribution in [1.29, 1.82) is 0 Å². The lowest BCUT2D eigenvalue weighted by Gasteiger charge is -2.22. The molecule has 0 bridgehead atoms. The Hall–Kier alpha value is -1.46. The molecule has 1 aliphatic rings. The van der Waals surface area contributed by atoms with E-state index in [2.05, 4.69) is 0 Å². The van der Waals surface area contributed by atoms with Gasteiger partial charge in [-0.05, 0) is 18.6 Å². The van der Waals surface area contributed by atoms with Crippen LogP contribution in [0.4, 0.5) is 0 Å². The number of amides is 2. The van der Waals surface area contributed by atoms with Crippen LogP contribution < -0.4 is 4.74 Å². The van der Waals surface area contributed by atoms with Crippen LogP contribution in [-0.2, 0) is 4.79 Å². The monoisotopic (exact) mass is 344 g/mol. The lowest BCUT2D eigenvalue weighted by molar-refractivity contribution is -0.128. The third kappa shape index (κ3) is 3.65. The summed E-state index contributed by atoms with van der Waals surface area (Å²) in [6.45, 7) is 3.78. The minimum absolute atomic E-state index is 0.0256. The Morgan fingerprint density at radius 1 is 1.09 bits per heavy atom. The van der Waals surface area contributed by atoms with Crippen molar-refractivity contribution >= 4 is 35.0 Å². The van der Waals surface area contributed by atoms with E-state index in [0.29, 0.717) is 47.5 Å². The Bertz CT molecular complexity index is 592. The first-order valence-corrected chi connectivity index (χ1v) is 7.77. The summed E-state index contributed by atoms with van der Waals surface area (Å²) in [5, 5.41) is 0.688. The smallest absolute Gasteiger partial charge is 0.257 e. The summed E-state index contributed by atoms with van der Waals surface area (Å²) >= 11 is 12.1. The number of hydrogen-bond donors (Lipinski definition) is 0. The summed E-state index contributed by atoms with van der Waals surface area (Å²) in [7, 11) is 1.46. The van der Waals surface area contributed by atoms with Crippen LogP contribution in [0.2, 0.25) is 10.0 Å². The summed E-state index contributed by atoms with van der Waals surface area (Å²) in [5.41, 5.74) is 0.344. The molecule has 2 rings (SSSR count). The number of methoxy groups -OCH3 is 1. The molecule has 0 spiro atoms. The molecule has 1 fully saturated rings. The molecule has 1 aromatic carbocycles. The zero-order valence-corrected chi connectivity index (χ0v) is 14.1. The van der Waals surface area contributed by atoms with E-state index in [9.17, 15) is 9.59 Å². The van der Waals surface area contributed by atoms with Gasteiger partial charge < -0.3 is 14.5 Å². The van der Waals surface area contributed by atoms with Crippen LogP contribution >= 0.6 is 23.2 Å². The standard InChI is InChI=1S/C15H18Cl2N2O3/c1-10(20)18-4-3-5-19(7-6-18)15(21)12-8-11(16)9-13(17)14(12)22-2/h8-9H,3-7H2,1-2H3. The topological polar surface area (TPSA) is 49.9 Å². The maximum absolute atomic E-state index is 12.7. The van der Waals surface area contributed by atoms with Crippen molar-refractivity contribution in [2.75, 3.05) is 33.3 Å². The number of ether oxygens (including phenoxy) is 1. The number of nitrogens with zero attached hydrogens (tertiary/aromatic N) is 2. The molecule has 0 atom stereocenters. The van der Waals surface area contributed by atoms with Crippen molar-refractivity contribution < 1.29 is 14.3 Å². The van der Waals surface area contributed by atoms with Gasteiger partial charge in [-0.1, -0.05) is 23.2 Å². The van der Waals surface area contributed by atoms with Crippen LogP contribution in [0, 0.1) is 0 Å². The Kier molecular flexibility index (Phi) is 5.53. The average Bonchev–Trinajstić information content (AvgIpc) is 2.71. The first-order valence-electron chi connectivity index (χ1n) is 7.02. The number of halogens is 2. The lowest BCUT2D eigenvalue weighted by Crippen LogP contribution is -2.36. The second kappa shape index (κ2) is 7.20. The number of carbonyl (C=O) groups is 2. The molecule has 5 nitrogen and oxygen atoms in total. The third-order valence-electron chi connectivity index (χ3n) is 3.67. The van der Waals surface area contributed by atoms with Crippen LogP contribution in [-0.4, -0.2) is 54.9 Å². The number of benzene rings is 1. The predicted molar refractivity (Wildman–Crippen MR) is 85.8 cm³/mol. The van der Waals surface area contributed by atoms with E-state index in [1.165, 1.54) is 14.0 Å². The van der Waals surface area contributed by atoms with Gasteiger partial charge in [0.05, 0.1) is 17.7 Å². The number of rotatable bonds is 2. The molecule has 7 heteroatoms. The van der Waals surface area contributed by atoms with E-state index in [0.717, 1.165) is 6.42 Å². The highest BCUT2D eigenvalue weighted by molar-refractivity contribution is 6.36. The molecule has 2 amide bonds. The van der Waals surface area contributed by atoms with Crippen molar-refractivity contribution in [3.63, 3.8) is 0 Å². The van der Waals surface area contributed by atoms with Gasteiger partial charge in [0.1, 0.15) is 5.75 Å². The first kappa shape index (κ1) is 16.9.